The Morgan fingerprint density at radius 3 is 3.00 bits per heavy atom. The molecule has 0 radical (unpaired) electrons. The first-order chi connectivity index (χ1) is 11.1. The van der Waals surface area contributed by atoms with Crippen LogP contribution in [0.4, 0.5) is 0 Å². The van der Waals surface area contributed by atoms with Crippen molar-refractivity contribution >= 4 is 16.8 Å². The fourth-order valence-electron chi connectivity index (χ4n) is 2.33. The van der Waals surface area contributed by atoms with E-state index >= 15 is 0 Å². The summed E-state index contributed by atoms with van der Waals surface area (Å²) in [4.78, 5) is 16.5. The van der Waals surface area contributed by atoms with Gasteiger partial charge in [-0.3, -0.25) is 9.78 Å². The molecule has 0 bridgehead atoms. The average molecular weight is 310 g/mol. The number of fused-ring (bicyclic) bond motifs is 1. The number of nitrogens with two attached hydrogens (primary N) is 1. The van der Waals surface area contributed by atoms with E-state index in [1.807, 2.05) is 44.2 Å². The standard InChI is InChI=1S/C16H18N6O/c1-10(9-17)19-16(23)15-11(2)22(21-20-15)13-5-6-14-12(8-13)4-3-7-18-14/h3-8,10H,9,17H2,1-2H3,(H,19,23)/t10-/m0/s1. The van der Waals surface area contributed by atoms with Crippen LogP contribution < -0.4 is 11.1 Å². The summed E-state index contributed by atoms with van der Waals surface area (Å²) in [6.07, 6.45) is 1.75. The van der Waals surface area contributed by atoms with Crippen molar-refractivity contribution in [3.8, 4) is 5.69 Å². The minimum atomic E-state index is -0.269. The summed E-state index contributed by atoms with van der Waals surface area (Å²) in [7, 11) is 0. The Hall–Kier alpha value is -2.80. The Morgan fingerprint density at radius 1 is 1.39 bits per heavy atom. The lowest BCUT2D eigenvalue weighted by molar-refractivity contribution is 0.0935. The predicted molar refractivity (Wildman–Crippen MR) is 87.4 cm³/mol. The van der Waals surface area contributed by atoms with Crippen LogP contribution in [0.3, 0.4) is 0 Å². The molecular formula is C16H18N6O. The summed E-state index contributed by atoms with van der Waals surface area (Å²) in [5, 5.41) is 11.9. The third-order valence-electron chi connectivity index (χ3n) is 3.67. The summed E-state index contributed by atoms with van der Waals surface area (Å²) in [5.41, 5.74) is 8.24. The molecule has 1 atom stereocenters. The zero-order chi connectivity index (χ0) is 16.4. The van der Waals surface area contributed by atoms with Gasteiger partial charge in [0.05, 0.1) is 16.9 Å². The van der Waals surface area contributed by atoms with Crippen LogP contribution in [0.5, 0.6) is 0 Å². The van der Waals surface area contributed by atoms with E-state index in [1.54, 1.807) is 10.9 Å². The number of pyridine rings is 1. The molecule has 0 aliphatic heterocycles. The molecule has 2 aromatic heterocycles. The Kier molecular flexibility index (Phi) is 4.03. The molecule has 118 valence electrons. The quantitative estimate of drug-likeness (QED) is 0.754. The van der Waals surface area contributed by atoms with Crippen molar-refractivity contribution in [2.75, 3.05) is 6.54 Å². The Labute approximate surface area is 133 Å². The van der Waals surface area contributed by atoms with Gasteiger partial charge in [0, 0.05) is 24.2 Å². The first-order valence-electron chi connectivity index (χ1n) is 7.38. The monoisotopic (exact) mass is 310 g/mol. The lowest BCUT2D eigenvalue weighted by atomic mass is 10.2. The summed E-state index contributed by atoms with van der Waals surface area (Å²) in [6.45, 7) is 4.03. The maximum absolute atomic E-state index is 12.2. The molecule has 0 saturated carbocycles. The van der Waals surface area contributed by atoms with Gasteiger partial charge in [0.15, 0.2) is 5.69 Å². The second-order valence-electron chi connectivity index (χ2n) is 5.43. The molecule has 0 aliphatic carbocycles. The third kappa shape index (κ3) is 2.91. The van der Waals surface area contributed by atoms with Gasteiger partial charge in [-0.15, -0.1) is 5.10 Å². The van der Waals surface area contributed by atoms with Crippen molar-refractivity contribution in [3.63, 3.8) is 0 Å². The van der Waals surface area contributed by atoms with Crippen LogP contribution in [0.1, 0.15) is 23.1 Å². The van der Waals surface area contributed by atoms with Crippen LogP contribution in [0.2, 0.25) is 0 Å². The van der Waals surface area contributed by atoms with E-state index in [0.717, 1.165) is 16.6 Å². The van der Waals surface area contributed by atoms with E-state index in [1.165, 1.54) is 0 Å². The molecule has 3 rings (SSSR count). The normalized spacial score (nSPS) is 12.3. The lowest BCUT2D eigenvalue weighted by Crippen LogP contribution is -2.38. The molecule has 7 nitrogen and oxygen atoms in total. The van der Waals surface area contributed by atoms with E-state index in [4.69, 9.17) is 5.73 Å². The van der Waals surface area contributed by atoms with Gasteiger partial charge >= 0.3 is 0 Å². The van der Waals surface area contributed by atoms with Crippen molar-refractivity contribution in [2.24, 2.45) is 5.73 Å². The van der Waals surface area contributed by atoms with Gasteiger partial charge in [-0.05, 0) is 38.1 Å². The molecule has 3 N–H and O–H groups in total. The highest BCUT2D eigenvalue weighted by Gasteiger charge is 2.18. The van der Waals surface area contributed by atoms with E-state index < -0.39 is 0 Å². The number of nitrogens with one attached hydrogen (secondary N) is 1. The highest BCUT2D eigenvalue weighted by molar-refractivity contribution is 5.93. The van der Waals surface area contributed by atoms with Gasteiger partial charge in [0.25, 0.3) is 5.91 Å². The van der Waals surface area contributed by atoms with Crippen LogP contribution in [0, 0.1) is 6.92 Å². The number of benzene rings is 1. The van der Waals surface area contributed by atoms with Gasteiger partial charge in [-0.1, -0.05) is 11.3 Å². The van der Waals surface area contributed by atoms with Gasteiger partial charge in [-0.2, -0.15) is 0 Å². The molecule has 2 heterocycles. The molecule has 0 aliphatic rings. The molecular weight excluding hydrogens is 292 g/mol. The highest BCUT2D eigenvalue weighted by atomic mass is 16.2. The fourth-order valence-corrected chi connectivity index (χ4v) is 2.33. The Morgan fingerprint density at radius 2 is 2.22 bits per heavy atom. The third-order valence-corrected chi connectivity index (χ3v) is 3.67. The van der Waals surface area contributed by atoms with E-state index in [2.05, 4.69) is 20.6 Å². The molecule has 1 aromatic carbocycles. The van der Waals surface area contributed by atoms with E-state index in [0.29, 0.717) is 17.9 Å². The largest absolute Gasteiger partial charge is 0.347 e. The maximum atomic E-state index is 12.2. The number of hydrogen-bond donors (Lipinski definition) is 2. The van der Waals surface area contributed by atoms with E-state index in [-0.39, 0.29) is 11.9 Å². The predicted octanol–water partition coefficient (Wildman–Crippen LogP) is 1.20. The van der Waals surface area contributed by atoms with Crippen LogP contribution in [-0.2, 0) is 0 Å². The summed E-state index contributed by atoms with van der Waals surface area (Å²) < 4.78 is 1.65. The SMILES string of the molecule is Cc1c(C(=O)N[C@@H](C)CN)nnn1-c1ccc2ncccc2c1. The first-order valence-corrected chi connectivity index (χ1v) is 7.38. The van der Waals surface area contributed by atoms with Gasteiger partial charge in [0.1, 0.15) is 0 Å². The summed E-state index contributed by atoms with van der Waals surface area (Å²) in [5.74, 6) is -0.269. The Bertz CT molecular complexity index is 857. The minimum absolute atomic E-state index is 0.112. The summed E-state index contributed by atoms with van der Waals surface area (Å²) >= 11 is 0. The molecule has 23 heavy (non-hydrogen) atoms. The number of amides is 1. The number of carbonyl (C=O) groups excluding carboxylic acids is 1. The lowest BCUT2D eigenvalue weighted by Gasteiger charge is -2.10. The van der Waals surface area contributed by atoms with Gasteiger partial charge in [0.2, 0.25) is 0 Å². The van der Waals surface area contributed by atoms with Crippen LogP contribution >= 0.6 is 0 Å². The molecule has 7 heteroatoms. The van der Waals surface area contributed by atoms with Crippen molar-refractivity contribution in [1.29, 1.82) is 0 Å². The van der Waals surface area contributed by atoms with Crippen molar-refractivity contribution < 1.29 is 4.79 Å². The van der Waals surface area contributed by atoms with Gasteiger partial charge < -0.3 is 11.1 Å². The minimum Gasteiger partial charge on any atom is -0.347 e. The molecule has 0 fully saturated rings. The number of hydrogen-bond acceptors (Lipinski definition) is 5. The fraction of sp³-hybridized carbons (Fsp3) is 0.250. The molecule has 0 spiro atoms. The topological polar surface area (TPSA) is 98.7 Å². The zero-order valence-electron chi connectivity index (χ0n) is 13.0. The average Bonchev–Trinajstić information content (AvgIpc) is 2.96. The molecule has 3 aromatic rings. The molecule has 0 unspecified atom stereocenters. The van der Waals surface area contributed by atoms with Crippen molar-refractivity contribution in [1.82, 2.24) is 25.3 Å². The number of carbonyl (C=O) groups is 1. The number of aromatic nitrogens is 4. The van der Waals surface area contributed by atoms with Gasteiger partial charge in [-0.25, -0.2) is 4.68 Å². The highest BCUT2D eigenvalue weighted by Crippen LogP contribution is 2.18. The maximum Gasteiger partial charge on any atom is 0.274 e. The Balaban J connectivity index is 1.95. The van der Waals surface area contributed by atoms with Crippen LogP contribution in [-0.4, -0.2) is 38.5 Å². The van der Waals surface area contributed by atoms with E-state index in [9.17, 15) is 4.79 Å². The number of nitrogens with zero attached hydrogens (tertiary/aromatic N) is 4. The van der Waals surface area contributed by atoms with Crippen LogP contribution in [0.25, 0.3) is 16.6 Å². The second-order valence-corrected chi connectivity index (χ2v) is 5.43. The zero-order valence-corrected chi connectivity index (χ0v) is 13.0. The molecule has 0 saturated heterocycles. The smallest absolute Gasteiger partial charge is 0.274 e. The molecule has 1 amide bonds. The summed E-state index contributed by atoms with van der Waals surface area (Å²) in [6, 6.07) is 9.54. The first kappa shape index (κ1) is 15.1. The second kappa shape index (κ2) is 6.13. The van der Waals surface area contributed by atoms with Crippen LogP contribution in [0.15, 0.2) is 36.5 Å². The van der Waals surface area contributed by atoms with Crippen molar-refractivity contribution in [3.05, 3.63) is 47.9 Å². The van der Waals surface area contributed by atoms with Crippen molar-refractivity contribution in [2.45, 2.75) is 19.9 Å². The number of rotatable bonds is 4.